The van der Waals surface area contributed by atoms with E-state index in [1.807, 2.05) is 42.5 Å². The van der Waals surface area contributed by atoms with Crippen LogP contribution < -0.4 is 16.2 Å². The predicted molar refractivity (Wildman–Crippen MR) is 123 cm³/mol. The number of aromatic nitrogens is 4. The summed E-state index contributed by atoms with van der Waals surface area (Å²) in [5.74, 6) is 0.798. The number of para-hydroxylation sites is 1. The number of furan rings is 1. The van der Waals surface area contributed by atoms with Crippen LogP contribution in [0.1, 0.15) is 21.7 Å². The molecule has 9 heteroatoms. The molecule has 3 N–H and O–H groups in total. The Morgan fingerprint density at radius 3 is 2.73 bits per heavy atom. The van der Waals surface area contributed by atoms with Crippen molar-refractivity contribution in [2.24, 2.45) is 0 Å². The van der Waals surface area contributed by atoms with Crippen molar-refractivity contribution in [1.82, 2.24) is 25.1 Å². The Labute approximate surface area is 188 Å². The maximum absolute atomic E-state index is 12.5. The molecule has 164 valence electrons. The van der Waals surface area contributed by atoms with Gasteiger partial charge in [-0.2, -0.15) is 10.1 Å². The SMILES string of the molecule is O=C(NCc1ccco1)c1cccc(CNc2nc3c(cnn3-c3ccccc3)c(=O)[nH]2)c1. The highest BCUT2D eigenvalue weighted by molar-refractivity contribution is 5.94. The van der Waals surface area contributed by atoms with Crippen molar-refractivity contribution in [3.63, 3.8) is 0 Å². The molecule has 0 saturated heterocycles. The lowest BCUT2D eigenvalue weighted by Crippen LogP contribution is -2.22. The summed E-state index contributed by atoms with van der Waals surface area (Å²) in [7, 11) is 0. The van der Waals surface area contributed by atoms with Crippen LogP contribution in [0.15, 0.2) is 88.4 Å². The van der Waals surface area contributed by atoms with E-state index in [0.29, 0.717) is 41.4 Å². The summed E-state index contributed by atoms with van der Waals surface area (Å²) in [6.07, 6.45) is 3.07. The van der Waals surface area contributed by atoms with E-state index >= 15 is 0 Å². The zero-order valence-corrected chi connectivity index (χ0v) is 17.5. The molecule has 0 unspecified atom stereocenters. The van der Waals surface area contributed by atoms with E-state index in [2.05, 4.69) is 25.7 Å². The molecule has 0 radical (unpaired) electrons. The Bertz CT molecular complexity index is 1450. The molecule has 0 atom stereocenters. The molecule has 0 spiro atoms. The first kappa shape index (κ1) is 20.3. The maximum Gasteiger partial charge on any atom is 0.263 e. The number of nitrogens with one attached hydrogen (secondary N) is 3. The number of amides is 1. The van der Waals surface area contributed by atoms with Crippen molar-refractivity contribution in [3.8, 4) is 5.69 Å². The largest absolute Gasteiger partial charge is 0.467 e. The monoisotopic (exact) mass is 440 g/mol. The first-order valence-corrected chi connectivity index (χ1v) is 10.3. The molecule has 0 saturated carbocycles. The summed E-state index contributed by atoms with van der Waals surface area (Å²) < 4.78 is 6.86. The minimum absolute atomic E-state index is 0.201. The van der Waals surface area contributed by atoms with E-state index in [1.54, 1.807) is 35.2 Å². The fraction of sp³-hybridized carbons (Fsp3) is 0.0833. The van der Waals surface area contributed by atoms with Gasteiger partial charge in [-0.1, -0.05) is 30.3 Å². The summed E-state index contributed by atoms with van der Waals surface area (Å²) in [6, 6.07) is 20.3. The van der Waals surface area contributed by atoms with Crippen LogP contribution in [0.2, 0.25) is 0 Å². The zero-order valence-electron chi connectivity index (χ0n) is 17.5. The van der Waals surface area contributed by atoms with Crippen molar-refractivity contribution >= 4 is 22.9 Å². The fourth-order valence-corrected chi connectivity index (χ4v) is 3.45. The highest BCUT2D eigenvalue weighted by Gasteiger charge is 2.12. The van der Waals surface area contributed by atoms with Gasteiger partial charge < -0.3 is 15.1 Å². The number of hydrogen-bond acceptors (Lipinski definition) is 6. The van der Waals surface area contributed by atoms with E-state index in [-0.39, 0.29) is 11.5 Å². The lowest BCUT2D eigenvalue weighted by Gasteiger charge is -2.09. The Kier molecular flexibility index (Phi) is 5.42. The molecule has 33 heavy (non-hydrogen) atoms. The predicted octanol–water partition coefficient (Wildman–Crippen LogP) is 3.24. The van der Waals surface area contributed by atoms with Gasteiger partial charge >= 0.3 is 0 Å². The number of rotatable bonds is 7. The Morgan fingerprint density at radius 1 is 1.03 bits per heavy atom. The number of hydrogen-bond donors (Lipinski definition) is 3. The molecule has 2 aromatic carbocycles. The Hall–Kier alpha value is -4.66. The van der Waals surface area contributed by atoms with Gasteiger partial charge in [0.15, 0.2) is 5.65 Å². The first-order valence-electron chi connectivity index (χ1n) is 10.3. The first-order chi connectivity index (χ1) is 16.2. The van der Waals surface area contributed by atoms with Crippen LogP contribution in [0.3, 0.4) is 0 Å². The van der Waals surface area contributed by atoms with Gasteiger partial charge in [0.05, 0.1) is 24.7 Å². The second-order valence-corrected chi connectivity index (χ2v) is 7.36. The number of benzene rings is 2. The molecule has 9 nitrogen and oxygen atoms in total. The third-order valence-corrected chi connectivity index (χ3v) is 5.09. The van der Waals surface area contributed by atoms with Crippen LogP contribution in [-0.4, -0.2) is 25.7 Å². The van der Waals surface area contributed by atoms with Crippen molar-refractivity contribution in [2.45, 2.75) is 13.1 Å². The van der Waals surface area contributed by atoms with Crippen LogP contribution in [-0.2, 0) is 13.1 Å². The summed E-state index contributed by atoms with van der Waals surface area (Å²) in [6.45, 7) is 0.682. The molecule has 0 aliphatic heterocycles. The smallest absolute Gasteiger partial charge is 0.263 e. The molecule has 5 rings (SSSR count). The van der Waals surface area contributed by atoms with Gasteiger partial charge in [0, 0.05) is 12.1 Å². The number of nitrogens with zero attached hydrogens (tertiary/aromatic N) is 3. The number of aromatic amines is 1. The van der Waals surface area contributed by atoms with Gasteiger partial charge in [0.25, 0.3) is 11.5 Å². The molecule has 3 heterocycles. The van der Waals surface area contributed by atoms with Crippen LogP contribution in [0.25, 0.3) is 16.7 Å². The highest BCUT2D eigenvalue weighted by Crippen LogP contribution is 2.15. The number of carbonyl (C=O) groups excluding carboxylic acids is 1. The maximum atomic E-state index is 12.5. The lowest BCUT2D eigenvalue weighted by molar-refractivity contribution is 0.0948. The number of fused-ring (bicyclic) bond motifs is 1. The average molecular weight is 440 g/mol. The van der Waals surface area contributed by atoms with Gasteiger partial charge in [0.2, 0.25) is 5.95 Å². The Balaban J connectivity index is 1.32. The van der Waals surface area contributed by atoms with Crippen molar-refractivity contribution < 1.29 is 9.21 Å². The minimum Gasteiger partial charge on any atom is -0.467 e. The molecule has 5 aromatic rings. The third kappa shape index (κ3) is 4.38. The van der Waals surface area contributed by atoms with E-state index in [1.165, 1.54) is 6.20 Å². The van der Waals surface area contributed by atoms with Crippen molar-refractivity contribution in [2.75, 3.05) is 5.32 Å². The number of carbonyl (C=O) groups is 1. The molecule has 1 amide bonds. The second kappa shape index (κ2) is 8.83. The quantitative estimate of drug-likeness (QED) is 0.358. The molecule has 0 bridgehead atoms. The third-order valence-electron chi connectivity index (χ3n) is 5.09. The van der Waals surface area contributed by atoms with Gasteiger partial charge in [0.1, 0.15) is 11.1 Å². The van der Waals surface area contributed by atoms with E-state index in [4.69, 9.17) is 4.42 Å². The van der Waals surface area contributed by atoms with E-state index in [0.717, 1.165) is 11.3 Å². The minimum atomic E-state index is -0.282. The van der Waals surface area contributed by atoms with E-state index < -0.39 is 0 Å². The fourth-order valence-electron chi connectivity index (χ4n) is 3.45. The van der Waals surface area contributed by atoms with Crippen LogP contribution >= 0.6 is 0 Å². The second-order valence-electron chi connectivity index (χ2n) is 7.36. The van der Waals surface area contributed by atoms with Crippen molar-refractivity contribution in [3.05, 3.63) is 106 Å². The summed E-state index contributed by atoms with van der Waals surface area (Å²) in [5.41, 5.74) is 2.37. The summed E-state index contributed by atoms with van der Waals surface area (Å²) >= 11 is 0. The summed E-state index contributed by atoms with van der Waals surface area (Å²) in [4.78, 5) is 32.3. The molecule has 0 aliphatic carbocycles. The lowest BCUT2D eigenvalue weighted by atomic mass is 10.1. The summed E-state index contributed by atoms with van der Waals surface area (Å²) in [5, 5.41) is 10.7. The molecule has 3 aromatic heterocycles. The van der Waals surface area contributed by atoms with Crippen LogP contribution in [0.5, 0.6) is 0 Å². The molecular formula is C24H20N6O3. The standard InChI is InChI=1S/C24H20N6O3/c31-22(25-14-19-10-5-11-33-19)17-7-4-6-16(12-17)13-26-24-28-21-20(23(32)29-24)15-27-30(21)18-8-2-1-3-9-18/h1-12,15H,13-14H2,(H,25,31)(H2,26,28,29,32). The molecule has 0 aliphatic rings. The molecule has 0 fully saturated rings. The normalized spacial score (nSPS) is 10.9. The van der Waals surface area contributed by atoms with Gasteiger partial charge in [-0.15, -0.1) is 0 Å². The number of anilines is 1. The average Bonchev–Trinajstić information content (AvgIpc) is 3.52. The topological polar surface area (TPSA) is 118 Å². The molecular weight excluding hydrogens is 420 g/mol. The zero-order chi connectivity index (χ0) is 22.6. The number of H-pyrrole nitrogens is 1. The van der Waals surface area contributed by atoms with Crippen LogP contribution in [0.4, 0.5) is 5.95 Å². The van der Waals surface area contributed by atoms with E-state index in [9.17, 15) is 9.59 Å². The van der Waals surface area contributed by atoms with Crippen LogP contribution in [0, 0.1) is 0 Å². The Morgan fingerprint density at radius 2 is 1.91 bits per heavy atom. The van der Waals surface area contributed by atoms with Crippen molar-refractivity contribution in [1.29, 1.82) is 0 Å². The van der Waals surface area contributed by atoms with Gasteiger partial charge in [-0.3, -0.25) is 14.6 Å². The highest BCUT2D eigenvalue weighted by atomic mass is 16.3. The van der Waals surface area contributed by atoms with Gasteiger partial charge in [-0.25, -0.2) is 4.68 Å². The van der Waals surface area contributed by atoms with Gasteiger partial charge in [-0.05, 0) is 42.0 Å².